The average Bonchev–Trinajstić information content (AvgIpc) is 2.58. The van der Waals surface area contributed by atoms with Crippen LogP contribution < -0.4 is 5.73 Å². The number of phenols is 1. The number of benzene rings is 2. The Morgan fingerprint density at radius 1 is 1.12 bits per heavy atom. The van der Waals surface area contributed by atoms with Gasteiger partial charge in [0.2, 0.25) is 0 Å². The number of Topliss-reactive ketones (excluding diaryl/α,β-unsaturated/α-hetero) is 1. The molecule has 0 spiro atoms. The van der Waals surface area contributed by atoms with Gasteiger partial charge in [-0.3, -0.25) is 4.79 Å². The van der Waals surface area contributed by atoms with Crippen molar-refractivity contribution in [2.24, 2.45) is 5.73 Å². The lowest BCUT2D eigenvalue weighted by Gasteiger charge is -2.19. The molecule has 5 N–H and O–H groups in total. The Balaban J connectivity index is 2.11. The molecule has 126 valence electrons. The highest BCUT2D eigenvalue weighted by Gasteiger charge is 2.29. The lowest BCUT2D eigenvalue weighted by atomic mass is 9.66. The van der Waals surface area contributed by atoms with Gasteiger partial charge in [0.05, 0.1) is 6.04 Å². The lowest BCUT2D eigenvalue weighted by Crippen LogP contribution is -2.29. The Hall–Kier alpha value is -2.15. The summed E-state index contributed by atoms with van der Waals surface area (Å²) in [6.45, 7) is 1.76. The van der Waals surface area contributed by atoms with Crippen molar-refractivity contribution in [3.8, 4) is 5.75 Å². The zero-order valence-electron chi connectivity index (χ0n) is 13.6. The summed E-state index contributed by atoms with van der Waals surface area (Å²) in [5, 5.41) is 29.3. The summed E-state index contributed by atoms with van der Waals surface area (Å²) in [5.74, 6) is -0.894. The van der Waals surface area contributed by atoms with E-state index in [4.69, 9.17) is 5.73 Å². The number of aromatic hydroxyl groups is 1. The van der Waals surface area contributed by atoms with Crippen molar-refractivity contribution in [1.82, 2.24) is 0 Å². The van der Waals surface area contributed by atoms with E-state index in [-0.39, 0.29) is 24.4 Å². The van der Waals surface area contributed by atoms with Crippen molar-refractivity contribution in [1.29, 1.82) is 0 Å². The normalized spacial score (nSPS) is 13.3. The van der Waals surface area contributed by atoms with Crippen LogP contribution in [0.25, 0.3) is 0 Å². The topological polar surface area (TPSA) is 104 Å². The summed E-state index contributed by atoms with van der Waals surface area (Å²) in [5.41, 5.74) is 7.94. The van der Waals surface area contributed by atoms with Gasteiger partial charge < -0.3 is 20.9 Å². The van der Waals surface area contributed by atoms with Gasteiger partial charge in [-0.05, 0) is 30.0 Å². The molecule has 0 amide bonds. The molecule has 2 aromatic rings. The fourth-order valence-corrected chi connectivity index (χ4v) is 2.68. The van der Waals surface area contributed by atoms with Crippen molar-refractivity contribution < 1.29 is 19.9 Å². The highest BCUT2D eigenvalue weighted by Crippen LogP contribution is 2.29. The molecule has 0 aliphatic rings. The standard InChI is InChI=1S/C18H22BNO4/c1-12-6-5-9-14(18(12)22)10-15(19(23)24)11-16(21)17(20)13-7-3-2-4-8-13/h2-9,15,17,22-24H,10-11,20H2,1H3/t15?,17-/m0/s1. The zero-order chi connectivity index (χ0) is 17.7. The van der Waals surface area contributed by atoms with E-state index in [0.29, 0.717) is 16.7 Å². The van der Waals surface area contributed by atoms with Gasteiger partial charge in [-0.2, -0.15) is 0 Å². The van der Waals surface area contributed by atoms with Crippen LogP contribution in [0.4, 0.5) is 0 Å². The molecule has 0 fully saturated rings. The van der Waals surface area contributed by atoms with E-state index >= 15 is 0 Å². The van der Waals surface area contributed by atoms with Gasteiger partial charge in [0, 0.05) is 12.2 Å². The second-order valence-electron chi connectivity index (χ2n) is 6.02. The number of phenolic OH excluding ortho intramolecular Hbond substituents is 1. The van der Waals surface area contributed by atoms with Crippen molar-refractivity contribution >= 4 is 12.9 Å². The second kappa shape index (κ2) is 8.10. The smallest absolute Gasteiger partial charge is 0.455 e. The molecule has 0 heterocycles. The fourth-order valence-electron chi connectivity index (χ4n) is 2.68. The summed E-state index contributed by atoms with van der Waals surface area (Å²) in [6, 6.07) is 13.4. The molecule has 1 unspecified atom stereocenters. The third kappa shape index (κ3) is 4.44. The Morgan fingerprint density at radius 3 is 2.42 bits per heavy atom. The Morgan fingerprint density at radius 2 is 1.79 bits per heavy atom. The first-order valence-electron chi connectivity index (χ1n) is 7.87. The third-order valence-electron chi connectivity index (χ3n) is 4.19. The zero-order valence-corrected chi connectivity index (χ0v) is 13.6. The summed E-state index contributed by atoms with van der Waals surface area (Å²) in [7, 11) is -1.67. The van der Waals surface area contributed by atoms with Crippen molar-refractivity contribution in [3.05, 3.63) is 65.2 Å². The molecular formula is C18H22BNO4. The lowest BCUT2D eigenvalue weighted by molar-refractivity contribution is -0.120. The Kier molecular flexibility index (Phi) is 6.14. The molecule has 2 atom stereocenters. The molecule has 5 nitrogen and oxygen atoms in total. The third-order valence-corrected chi connectivity index (χ3v) is 4.19. The van der Waals surface area contributed by atoms with Gasteiger partial charge in [0.15, 0.2) is 5.78 Å². The van der Waals surface area contributed by atoms with E-state index in [1.807, 2.05) is 6.07 Å². The molecule has 0 aliphatic heterocycles. The second-order valence-corrected chi connectivity index (χ2v) is 6.02. The predicted octanol–water partition coefficient (Wildman–Crippen LogP) is 1.75. The van der Waals surface area contributed by atoms with Gasteiger partial charge >= 0.3 is 7.12 Å². The maximum Gasteiger partial charge on any atom is 0.455 e. The van der Waals surface area contributed by atoms with Gasteiger partial charge in [0.1, 0.15) is 5.75 Å². The minimum absolute atomic E-state index is 0.0822. The van der Waals surface area contributed by atoms with Crippen molar-refractivity contribution in [2.75, 3.05) is 0 Å². The van der Waals surface area contributed by atoms with E-state index in [1.165, 1.54) is 0 Å². The molecule has 2 aromatic carbocycles. The minimum Gasteiger partial charge on any atom is -0.507 e. The number of nitrogens with two attached hydrogens (primary N) is 1. The number of rotatable bonds is 7. The maximum absolute atomic E-state index is 12.4. The summed E-state index contributed by atoms with van der Waals surface area (Å²) in [6.07, 6.45) is 0.0968. The summed E-state index contributed by atoms with van der Waals surface area (Å²) in [4.78, 5) is 12.4. The van der Waals surface area contributed by atoms with Crippen LogP contribution in [0.3, 0.4) is 0 Å². The first-order valence-corrected chi connectivity index (χ1v) is 7.87. The molecule has 0 saturated carbocycles. The van der Waals surface area contributed by atoms with Crippen LogP contribution >= 0.6 is 0 Å². The first kappa shape index (κ1) is 18.2. The number of ketones is 1. The molecule has 0 radical (unpaired) electrons. The Bertz CT molecular complexity index is 691. The molecule has 0 aliphatic carbocycles. The monoisotopic (exact) mass is 327 g/mol. The van der Waals surface area contributed by atoms with E-state index in [1.54, 1.807) is 49.4 Å². The molecule has 6 heteroatoms. The van der Waals surface area contributed by atoms with Crippen LogP contribution in [-0.2, 0) is 11.2 Å². The van der Waals surface area contributed by atoms with Gasteiger partial charge in [-0.15, -0.1) is 0 Å². The van der Waals surface area contributed by atoms with E-state index < -0.39 is 19.0 Å². The van der Waals surface area contributed by atoms with Crippen molar-refractivity contribution in [2.45, 2.75) is 31.6 Å². The van der Waals surface area contributed by atoms with Crippen molar-refractivity contribution in [3.63, 3.8) is 0 Å². The number of carbonyl (C=O) groups is 1. The van der Waals surface area contributed by atoms with Crippen LogP contribution in [0.1, 0.15) is 29.2 Å². The predicted molar refractivity (Wildman–Crippen MR) is 93.5 cm³/mol. The quantitative estimate of drug-likeness (QED) is 0.580. The van der Waals surface area contributed by atoms with Gasteiger partial charge in [-0.1, -0.05) is 48.5 Å². The van der Waals surface area contributed by atoms with Crippen LogP contribution in [-0.4, -0.2) is 28.1 Å². The van der Waals surface area contributed by atoms with Gasteiger partial charge in [0.25, 0.3) is 0 Å². The number of para-hydroxylation sites is 1. The number of hydrogen-bond donors (Lipinski definition) is 4. The molecular weight excluding hydrogens is 305 g/mol. The highest BCUT2D eigenvalue weighted by molar-refractivity contribution is 6.43. The van der Waals surface area contributed by atoms with E-state index in [2.05, 4.69) is 0 Å². The number of hydrogen-bond acceptors (Lipinski definition) is 5. The number of aryl methyl sites for hydroxylation is 1. The molecule has 0 bridgehead atoms. The number of carbonyl (C=O) groups excluding carboxylic acids is 1. The molecule has 0 aromatic heterocycles. The first-order chi connectivity index (χ1) is 11.4. The molecule has 2 rings (SSSR count). The van der Waals surface area contributed by atoms with Crippen LogP contribution in [0.5, 0.6) is 5.75 Å². The molecule has 0 saturated heterocycles. The average molecular weight is 327 g/mol. The van der Waals surface area contributed by atoms with E-state index in [9.17, 15) is 19.9 Å². The Labute approximate surface area is 141 Å². The van der Waals surface area contributed by atoms with Gasteiger partial charge in [-0.25, -0.2) is 0 Å². The minimum atomic E-state index is -1.67. The molecule has 24 heavy (non-hydrogen) atoms. The SMILES string of the molecule is Cc1cccc(CC(CC(=O)[C@@H](N)c2ccccc2)B(O)O)c1O. The largest absolute Gasteiger partial charge is 0.507 e. The summed E-state index contributed by atoms with van der Waals surface area (Å²) >= 11 is 0. The highest BCUT2D eigenvalue weighted by atomic mass is 16.4. The van der Waals surface area contributed by atoms with Crippen LogP contribution in [0, 0.1) is 6.92 Å². The van der Waals surface area contributed by atoms with Crippen LogP contribution in [0.2, 0.25) is 5.82 Å². The fraction of sp³-hybridized carbons (Fsp3) is 0.278. The van der Waals surface area contributed by atoms with E-state index in [0.717, 1.165) is 0 Å². The maximum atomic E-state index is 12.4. The summed E-state index contributed by atoms with van der Waals surface area (Å²) < 4.78 is 0. The van der Waals surface area contributed by atoms with Crippen LogP contribution in [0.15, 0.2) is 48.5 Å².